The van der Waals surface area contributed by atoms with Crippen LogP contribution < -0.4 is 0 Å². The summed E-state index contributed by atoms with van der Waals surface area (Å²) in [6.07, 6.45) is -2.55. The van der Waals surface area contributed by atoms with Crippen molar-refractivity contribution in [3.05, 3.63) is 63.3 Å². The van der Waals surface area contributed by atoms with E-state index in [0.29, 0.717) is 51.5 Å². The van der Waals surface area contributed by atoms with E-state index < -0.39 is 11.7 Å². The lowest BCUT2D eigenvalue weighted by molar-refractivity contribution is -0.137. The standard InChI is InChI=1S/C19H17Cl2F3N2O/c20-14-6-4-12(16(21)10-14)11-26-18-9-13(19(22,23)24)5-7-15(18)17(25-26)3-1-2-8-27/h4-7,9-10,27H,1-3,8,11H2. The van der Waals surface area contributed by atoms with Crippen LogP contribution in [-0.2, 0) is 19.1 Å². The molecule has 3 rings (SSSR count). The van der Waals surface area contributed by atoms with Crippen molar-refractivity contribution in [1.82, 2.24) is 9.78 Å². The van der Waals surface area contributed by atoms with Crippen LogP contribution in [0.5, 0.6) is 0 Å². The first kappa shape index (κ1) is 20.0. The van der Waals surface area contributed by atoms with Gasteiger partial charge < -0.3 is 5.11 Å². The first-order chi connectivity index (χ1) is 12.8. The van der Waals surface area contributed by atoms with Crippen molar-refractivity contribution in [3.8, 4) is 0 Å². The van der Waals surface area contributed by atoms with Crippen LogP contribution in [0.2, 0.25) is 10.0 Å². The maximum Gasteiger partial charge on any atom is 0.416 e. The van der Waals surface area contributed by atoms with Crippen LogP contribution in [0, 0.1) is 0 Å². The van der Waals surface area contributed by atoms with Gasteiger partial charge in [0.05, 0.1) is 23.3 Å². The fourth-order valence-corrected chi connectivity index (χ4v) is 3.41. The van der Waals surface area contributed by atoms with Gasteiger partial charge in [0, 0.05) is 22.0 Å². The minimum Gasteiger partial charge on any atom is -0.396 e. The van der Waals surface area contributed by atoms with Crippen molar-refractivity contribution in [1.29, 1.82) is 0 Å². The van der Waals surface area contributed by atoms with Crippen LogP contribution >= 0.6 is 23.2 Å². The van der Waals surface area contributed by atoms with Gasteiger partial charge in [-0.15, -0.1) is 0 Å². The van der Waals surface area contributed by atoms with E-state index in [9.17, 15) is 13.2 Å². The number of alkyl halides is 3. The largest absolute Gasteiger partial charge is 0.416 e. The summed E-state index contributed by atoms with van der Waals surface area (Å²) >= 11 is 12.1. The summed E-state index contributed by atoms with van der Waals surface area (Å²) in [6, 6.07) is 8.64. The number of aliphatic hydroxyl groups excluding tert-OH is 1. The first-order valence-corrected chi connectivity index (χ1v) is 9.16. The number of nitrogens with zero attached hydrogens (tertiary/aromatic N) is 2. The third-order valence-electron chi connectivity index (χ3n) is 4.31. The fraction of sp³-hybridized carbons (Fsp3) is 0.316. The average Bonchev–Trinajstić information content (AvgIpc) is 2.94. The number of unbranched alkanes of at least 4 members (excludes halogenated alkanes) is 1. The van der Waals surface area contributed by atoms with Crippen LogP contribution in [0.15, 0.2) is 36.4 Å². The number of benzene rings is 2. The number of hydrogen-bond donors (Lipinski definition) is 1. The Kier molecular flexibility index (Phi) is 5.99. The Morgan fingerprint density at radius 2 is 1.81 bits per heavy atom. The Morgan fingerprint density at radius 3 is 2.48 bits per heavy atom. The minimum absolute atomic E-state index is 0.0667. The van der Waals surface area contributed by atoms with Crippen LogP contribution in [-0.4, -0.2) is 21.5 Å². The molecule has 1 aromatic heterocycles. The number of rotatable bonds is 6. The monoisotopic (exact) mass is 416 g/mol. The maximum atomic E-state index is 13.1. The lowest BCUT2D eigenvalue weighted by Crippen LogP contribution is -2.06. The number of aromatic nitrogens is 2. The van der Waals surface area contributed by atoms with Gasteiger partial charge in [0.2, 0.25) is 0 Å². The molecular weight excluding hydrogens is 400 g/mol. The smallest absolute Gasteiger partial charge is 0.396 e. The normalized spacial score (nSPS) is 12.1. The highest BCUT2D eigenvalue weighted by atomic mass is 35.5. The molecule has 0 unspecified atom stereocenters. The highest BCUT2D eigenvalue weighted by molar-refractivity contribution is 6.35. The molecule has 3 nitrogen and oxygen atoms in total. The van der Waals surface area contributed by atoms with Gasteiger partial charge in [0.1, 0.15) is 0 Å². The van der Waals surface area contributed by atoms with Crippen molar-refractivity contribution in [2.45, 2.75) is 32.0 Å². The predicted octanol–water partition coefficient (Wildman–Crippen LogP) is 5.73. The van der Waals surface area contributed by atoms with E-state index in [0.717, 1.165) is 12.1 Å². The van der Waals surface area contributed by atoms with E-state index >= 15 is 0 Å². The highest BCUT2D eigenvalue weighted by Crippen LogP contribution is 2.33. The summed E-state index contributed by atoms with van der Waals surface area (Å²) < 4.78 is 41.0. The zero-order chi connectivity index (χ0) is 19.6. The lowest BCUT2D eigenvalue weighted by Gasteiger charge is -2.09. The van der Waals surface area contributed by atoms with Gasteiger partial charge in [-0.1, -0.05) is 35.3 Å². The molecule has 0 bridgehead atoms. The number of aryl methyl sites for hydroxylation is 1. The highest BCUT2D eigenvalue weighted by Gasteiger charge is 2.31. The molecule has 0 amide bonds. The predicted molar refractivity (Wildman–Crippen MR) is 100 cm³/mol. The molecule has 0 radical (unpaired) electrons. The van der Waals surface area contributed by atoms with Gasteiger partial charge in [0.15, 0.2) is 0 Å². The average molecular weight is 417 g/mol. The van der Waals surface area contributed by atoms with E-state index in [1.54, 1.807) is 18.2 Å². The number of hydrogen-bond acceptors (Lipinski definition) is 2. The van der Waals surface area contributed by atoms with Crippen molar-refractivity contribution in [2.75, 3.05) is 6.61 Å². The molecule has 144 valence electrons. The summed E-state index contributed by atoms with van der Waals surface area (Å²) in [5.74, 6) is 0. The van der Waals surface area contributed by atoms with Crippen LogP contribution in [0.25, 0.3) is 10.9 Å². The van der Waals surface area contributed by atoms with E-state index in [1.807, 2.05) is 0 Å². The molecule has 0 aliphatic rings. The summed E-state index contributed by atoms with van der Waals surface area (Å²) in [6.45, 7) is 0.297. The van der Waals surface area contributed by atoms with Gasteiger partial charge in [-0.3, -0.25) is 4.68 Å². The summed E-state index contributed by atoms with van der Waals surface area (Å²) in [7, 11) is 0. The lowest BCUT2D eigenvalue weighted by atomic mass is 10.1. The second kappa shape index (κ2) is 8.09. The summed E-state index contributed by atoms with van der Waals surface area (Å²) in [5.41, 5.74) is 1.09. The van der Waals surface area contributed by atoms with E-state index in [4.69, 9.17) is 28.3 Å². The van der Waals surface area contributed by atoms with Gasteiger partial charge >= 0.3 is 6.18 Å². The Labute approximate surface area is 164 Å². The third-order valence-corrected chi connectivity index (χ3v) is 4.90. The zero-order valence-electron chi connectivity index (χ0n) is 14.2. The quantitative estimate of drug-likeness (QED) is 0.521. The molecule has 2 aromatic carbocycles. The molecular formula is C19H17Cl2F3N2O. The van der Waals surface area contributed by atoms with Gasteiger partial charge in [-0.2, -0.15) is 18.3 Å². The molecule has 0 atom stereocenters. The summed E-state index contributed by atoms with van der Waals surface area (Å²) in [5, 5.41) is 15.1. The number of fused-ring (bicyclic) bond motifs is 1. The van der Waals surface area contributed by atoms with Crippen molar-refractivity contribution < 1.29 is 18.3 Å². The van der Waals surface area contributed by atoms with E-state index in [2.05, 4.69) is 5.10 Å². The van der Waals surface area contributed by atoms with Crippen molar-refractivity contribution in [3.63, 3.8) is 0 Å². The zero-order valence-corrected chi connectivity index (χ0v) is 15.7. The van der Waals surface area contributed by atoms with Crippen LogP contribution in [0.4, 0.5) is 13.2 Å². The van der Waals surface area contributed by atoms with Crippen LogP contribution in [0.1, 0.15) is 29.7 Å². The third kappa shape index (κ3) is 4.57. The Hall–Kier alpha value is -1.76. The molecule has 3 aromatic rings. The fourth-order valence-electron chi connectivity index (χ4n) is 2.94. The molecule has 0 spiro atoms. The second-order valence-corrected chi connectivity index (χ2v) is 7.09. The maximum absolute atomic E-state index is 13.1. The minimum atomic E-state index is -4.43. The molecule has 0 fully saturated rings. The van der Waals surface area contributed by atoms with Crippen LogP contribution in [0.3, 0.4) is 0 Å². The SMILES string of the molecule is OCCCCc1nn(Cc2ccc(Cl)cc2Cl)c2cc(C(F)(F)F)ccc12. The molecule has 27 heavy (non-hydrogen) atoms. The van der Waals surface area contributed by atoms with Gasteiger partial charge in [-0.25, -0.2) is 0 Å². The van der Waals surface area contributed by atoms with Crippen molar-refractivity contribution in [2.24, 2.45) is 0 Å². The first-order valence-electron chi connectivity index (χ1n) is 8.41. The van der Waals surface area contributed by atoms with Gasteiger partial charge in [-0.05, 0) is 49.1 Å². The Bertz CT molecular complexity index is 954. The topological polar surface area (TPSA) is 38.1 Å². The van der Waals surface area contributed by atoms with Gasteiger partial charge in [0.25, 0.3) is 0 Å². The second-order valence-electron chi connectivity index (χ2n) is 6.25. The van der Waals surface area contributed by atoms with E-state index in [1.165, 1.54) is 10.7 Å². The van der Waals surface area contributed by atoms with E-state index in [-0.39, 0.29) is 13.2 Å². The molecule has 0 saturated heterocycles. The molecule has 0 aliphatic heterocycles. The summed E-state index contributed by atoms with van der Waals surface area (Å²) in [4.78, 5) is 0. The molecule has 0 saturated carbocycles. The Morgan fingerprint density at radius 1 is 1.04 bits per heavy atom. The molecule has 1 heterocycles. The molecule has 0 aliphatic carbocycles. The number of halogens is 5. The molecule has 1 N–H and O–H groups in total. The number of aliphatic hydroxyl groups is 1. The molecule has 8 heteroatoms. The van der Waals surface area contributed by atoms with Crippen molar-refractivity contribution >= 4 is 34.1 Å². The Balaban J connectivity index is 2.05.